The number of ether oxygens (including phenoxy) is 1. The third-order valence-corrected chi connectivity index (χ3v) is 4.24. The van der Waals surface area contributed by atoms with Crippen LogP contribution in [-0.4, -0.2) is 17.3 Å². The predicted octanol–water partition coefficient (Wildman–Crippen LogP) is 5.12. The molecule has 0 spiro atoms. The van der Waals surface area contributed by atoms with Gasteiger partial charge in [0.25, 0.3) is 0 Å². The molecule has 0 aliphatic rings. The molecule has 7 heteroatoms. The second-order valence-electron chi connectivity index (χ2n) is 5.70. The lowest BCUT2D eigenvalue weighted by Crippen LogP contribution is -2.06. The maximum Gasteiger partial charge on any atom is 0.241 e. The minimum absolute atomic E-state index is 0.0380. The lowest BCUT2D eigenvalue weighted by Gasteiger charge is -2.16. The largest absolute Gasteiger partial charge is 0.479 e. The lowest BCUT2D eigenvalue weighted by molar-refractivity contribution is 0.392. The van der Waals surface area contributed by atoms with Gasteiger partial charge in [0.15, 0.2) is 0 Å². The van der Waals surface area contributed by atoms with Crippen molar-refractivity contribution in [2.24, 2.45) is 0 Å². The topological polar surface area (TPSA) is 35.0 Å². The van der Waals surface area contributed by atoms with Crippen molar-refractivity contribution in [3.63, 3.8) is 0 Å². The summed E-state index contributed by atoms with van der Waals surface area (Å²) in [5, 5.41) is 8.46. The van der Waals surface area contributed by atoms with Gasteiger partial charge in [-0.2, -0.15) is 5.10 Å². The number of halogens is 4. The second-order valence-corrected chi connectivity index (χ2v) is 6.13. The van der Waals surface area contributed by atoms with Crippen molar-refractivity contribution in [1.29, 1.82) is 0 Å². The van der Waals surface area contributed by atoms with E-state index in [9.17, 15) is 13.2 Å². The molecule has 134 valence electrons. The molecule has 0 fully saturated rings. The summed E-state index contributed by atoms with van der Waals surface area (Å²) in [5.74, 6) is -3.11. The zero-order chi connectivity index (χ0) is 18.8. The molecule has 0 aliphatic carbocycles. The molecule has 26 heavy (non-hydrogen) atoms. The second kappa shape index (κ2) is 7.33. The summed E-state index contributed by atoms with van der Waals surface area (Å²) >= 11 is 5.90. The minimum Gasteiger partial charge on any atom is -0.479 e. The van der Waals surface area contributed by atoms with E-state index in [1.807, 2.05) is 0 Å². The molecule has 3 nitrogen and oxygen atoms in total. The number of benzene rings is 2. The first-order valence-electron chi connectivity index (χ1n) is 7.70. The van der Waals surface area contributed by atoms with Crippen LogP contribution < -0.4 is 4.74 Å². The summed E-state index contributed by atoms with van der Waals surface area (Å²) < 4.78 is 47.3. The zero-order valence-electron chi connectivity index (χ0n) is 14.0. The van der Waals surface area contributed by atoms with Crippen LogP contribution in [0.25, 0.3) is 11.1 Å². The maximum atomic E-state index is 14.4. The van der Waals surface area contributed by atoms with Crippen LogP contribution in [0.5, 0.6) is 5.88 Å². The molecule has 0 atom stereocenters. The Bertz CT molecular complexity index is 939. The van der Waals surface area contributed by atoms with E-state index in [0.717, 1.165) is 5.56 Å². The normalized spacial score (nSPS) is 10.8. The van der Waals surface area contributed by atoms with Crippen LogP contribution in [-0.2, 0) is 6.42 Å². The fourth-order valence-corrected chi connectivity index (χ4v) is 2.87. The van der Waals surface area contributed by atoms with Crippen molar-refractivity contribution >= 4 is 11.6 Å². The molecule has 1 aromatic heterocycles. The first kappa shape index (κ1) is 18.2. The van der Waals surface area contributed by atoms with Crippen LogP contribution in [0.3, 0.4) is 0 Å². The van der Waals surface area contributed by atoms with E-state index in [2.05, 4.69) is 10.2 Å². The van der Waals surface area contributed by atoms with Crippen LogP contribution in [0, 0.1) is 24.4 Å². The molecule has 0 saturated carbocycles. The number of aromatic nitrogens is 2. The highest BCUT2D eigenvalue weighted by Crippen LogP contribution is 2.37. The van der Waals surface area contributed by atoms with Gasteiger partial charge in [0, 0.05) is 23.6 Å². The Hall–Kier alpha value is -2.60. The Morgan fingerprint density at radius 2 is 1.58 bits per heavy atom. The summed E-state index contributed by atoms with van der Waals surface area (Å²) in [6, 6.07) is 8.29. The molecule has 3 rings (SSSR count). The van der Waals surface area contributed by atoms with E-state index >= 15 is 0 Å². The van der Waals surface area contributed by atoms with Crippen LogP contribution in [0.15, 0.2) is 36.4 Å². The molecule has 0 bridgehead atoms. The van der Waals surface area contributed by atoms with Crippen LogP contribution in [0.1, 0.15) is 16.8 Å². The van der Waals surface area contributed by atoms with Gasteiger partial charge in [-0.15, -0.1) is 5.10 Å². The highest BCUT2D eigenvalue weighted by molar-refractivity contribution is 6.30. The Morgan fingerprint density at radius 3 is 2.15 bits per heavy atom. The SMILES string of the molecule is COc1nnc(C)c(Cc2ccc(Cl)cc2)c1-c1c(F)cc(F)cc1F. The van der Waals surface area contributed by atoms with Gasteiger partial charge >= 0.3 is 0 Å². The van der Waals surface area contributed by atoms with Gasteiger partial charge in [-0.05, 0) is 30.2 Å². The average Bonchev–Trinajstić information content (AvgIpc) is 2.59. The minimum atomic E-state index is -1.04. The van der Waals surface area contributed by atoms with Crippen molar-refractivity contribution in [2.75, 3.05) is 7.11 Å². The van der Waals surface area contributed by atoms with E-state index in [1.165, 1.54) is 7.11 Å². The Labute approximate surface area is 153 Å². The first-order valence-corrected chi connectivity index (χ1v) is 8.08. The number of aryl methyl sites for hydroxylation is 1. The predicted molar refractivity (Wildman–Crippen MR) is 92.9 cm³/mol. The molecule has 0 unspecified atom stereocenters. The Morgan fingerprint density at radius 1 is 0.962 bits per heavy atom. The van der Waals surface area contributed by atoms with E-state index in [-0.39, 0.29) is 11.4 Å². The lowest BCUT2D eigenvalue weighted by atomic mass is 9.94. The highest BCUT2D eigenvalue weighted by Gasteiger charge is 2.24. The molecule has 2 aromatic carbocycles. The van der Waals surface area contributed by atoms with Crippen LogP contribution in [0.2, 0.25) is 5.02 Å². The van der Waals surface area contributed by atoms with Gasteiger partial charge in [0.05, 0.1) is 23.9 Å². The van der Waals surface area contributed by atoms with Crippen molar-refractivity contribution < 1.29 is 17.9 Å². The summed E-state index contributed by atoms with van der Waals surface area (Å²) in [6.45, 7) is 1.68. The fourth-order valence-electron chi connectivity index (χ4n) is 2.75. The van der Waals surface area contributed by atoms with E-state index in [1.54, 1.807) is 31.2 Å². The molecular formula is C19H14ClF3N2O. The van der Waals surface area contributed by atoms with Gasteiger partial charge < -0.3 is 4.74 Å². The fraction of sp³-hybridized carbons (Fsp3) is 0.158. The summed E-state index contributed by atoms with van der Waals surface area (Å²) in [5.41, 5.74) is 1.59. The number of methoxy groups -OCH3 is 1. The summed E-state index contributed by atoms with van der Waals surface area (Å²) in [7, 11) is 1.33. The first-order chi connectivity index (χ1) is 12.4. The molecule has 0 amide bonds. The molecule has 0 N–H and O–H groups in total. The molecule has 0 aliphatic heterocycles. The maximum absolute atomic E-state index is 14.4. The van der Waals surface area contributed by atoms with Crippen molar-refractivity contribution in [2.45, 2.75) is 13.3 Å². The van der Waals surface area contributed by atoms with Gasteiger partial charge in [-0.1, -0.05) is 23.7 Å². The van der Waals surface area contributed by atoms with Crippen molar-refractivity contribution in [3.8, 4) is 17.0 Å². The monoisotopic (exact) mass is 378 g/mol. The van der Waals surface area contributed by atoms with Gasteiger partial charge in [-0.3, -0.25) is 0 Å². The van der Waals surface area contributed by atoms with Crippen LogP contribution >= 0.6 is 11.6 Å². The van der Waals surface area contributed by atoms with E-state index in [0.29, 0.717) is 34.8 Å². The van der Waals surface area contributed by atoms with Gasteiger partial charge in [0.2, 0.25) is 5.88 Å². The van der Waals surface area contributed by atoms with Crippen LogP contribution in [0.4, 0.5) is 13.2 Å². The number of rotatable bonds is 4. The van der Waals surface area contributed by atoms with Gasteiger partial charge in [0.1, 0.15) is 17.5 Å². The molecule has 1 heterocycles. The number of hydrogen-bond acceptors (Lipinski definition) is 3. The van der Waals surface area contributed by atoms with Crippen molar-refractivity contribution in [1.82, 2.24) is 10.2 Å². The standard InChI is InChI=1S/C19H14ClF3N2O/c1-10-14(7-11-3-5-12(20)6-4-11)17(19(26-2)25-24-10)18-15(22)8-13(21)9-16(18)23/h3-6,8-9H,7H2,1-2H3. The van der Waals surface area contributed by atoms with E-state index < -0.39 is 23.0 Å². The number of hydrogen-bond donors (Lipinski definition) is 0. The quantitative estimate of drug-likeness (QED) is 0.632. The molecule has 0 saturated heterocycles. The third kappa shape index (κ3) is 3.51. The smallest absolute Gasteiger partial charge is 0.241 e. The summed E-state index contributed by atoms with van der Waals surface area (Å²) in [6.07, 6.45) is 0.320. The van der Waals surface area contributed by atoms with Crippen molar-refractivity contribution in [3.05, 3.63) is 75.7 Å². The Kier molecular flexibility index (Phi) is 5.13. The zero-order valence-corrected chi connectivity index (χ0v) is 14.7. The van der Waals surface area contributed by atoms with Gasteiger partial charge in [-0.25, -0.2) is 13.2 Å². The molecular weight excluding hydrogens is 365 g/mol. The third-order valence-electron chi connectivity index (χ3n) is 3.99. The number of nitrogens with zero attached hydrogens (tertiary/aromatic N) is 2. The summed E-state index contributed by atoms with van der Waals surface area (Å²) in [4.78, 5) is 0. The average molecular weight is 379 g/mol. The molecule has 3 aromatic rings. The highest BCUT2D eigenvalue weighted by atomic mass is 35.5. The Balaban J connectivity index is 2.24. The van der Waals surface area contributed by atoms with E-state index in [4.69, 9.17) is 16.3 Å². The molecule has 0 radical (unpaired) electrons.